The molecule has 0 spiro atoms. The lowest BCUT2D eigenvalue weighted by atomic mass is 9.80. The zero-order valence-corrected chi connectivity index (χ0v) is 85.2. The standard InChI is InChI=1S/C33H33Cl2N5.C27H20Cl4N4.C27H22Cl2N4.C26H20Cl2N4/c1-32(2)19-24(20-33(3,4)39-32)37-28-18-31-29(17-27(28)36-23-13-9-21(34)10-14-23)38-26-7-5-6-8-30(26)40(31)25-15-11-22(35)12-16-25;1-15(2)32-24-14-27-25(13-23(24)33-16-7-9-18(28)20(30)11-16)34-22-5-3-4-6-26(22)35(27)17-8-10-19(29)21(31)12-17;1-17(2)30-24-16-27-25(15-23(24)31-20-11-7-18(28)8-12-20)32-22-5-3-4-6-26(22)33(27)21-13-9-19(29)10-14-21;1-2-29-22-16-26-24(15-23(22)30-19-11-7-17(27)8-12-19)31-21-5-3-4-6-25(21)32(26)20-13-9-18(28)10-14-20/h5-18,24,36,39H,19-20H2,1-4H3;3-15,33H,1-2H3;3-17,31H,1-2H3;3-16,30H,2H2,1H3. The molecule has 0 bridgehead atoms. The molecular weight excluding hydrogens is 1950 g/mol. The number of hydrogen-bond acceptors (Lipinski definition) is 13. The summed E-state index contributed by atoms with van der Waals surface area (Å²) in [6.45, 7) is 20.0. The van der Waals surface area contributed by atoms with Gasteiger partial charge in [-0.15, -0.1) is 0 Å². The van der Waals surface area contributed by atoms with Crippen molar-refractivity contribution in [2.45, 2.75) is 104 Å². The van der Waals surface area contributed by atoms with Crippen molar-refractivity contribution in [3.63, 3.8) is 0 Å². The molecule has 702 valence electrons. The molecule has 140 heavy (non-hydrogen) atoms. The van der Waals surface area contributed by atoms with Crippen LogP contribution in [0.5, 0.6) is 0 Å². The van der Waals surface area contributed by atoms with E-state index in [2.05, 4.69) is 141 Å². The molecule has 5 heterocycles. The predicted molar refractivity (Wildman–Crippen MR) is 587 cm³/mol. The highest BCUT2D eigenvalue weighted by Crippen LogP contribution is 2.40. The van der Waals surface area contributed by atoms with Crippen LogP contribution in [0, 0.1) is 0 Å². The third-order valence-electron chi connectivity index (χ3n) is 23.4. The first-order valence-electron chi connectivity index (χ1n) is 45.7. The van der Waals surface area contributed by atoms with E-state index in [1.807, 2.05) is 276 Å². The van der Waals surface area contributed by atoms with Crippen molar-refractivity contribution in [2.75, 3.05) is 27.8 Å². The molecule has 27 heteroatoms. The van der Waals surface area contributed by atoms with Gasteiger partial charge in [-0.2, -0.15) is 0 Å². The van der Waals surface area contributed by atoms with Crippen molar-refractivity contribution in [1.29, 1.82) is 0 Å². The van der Waals surface area contributed by atoms with Gasteiger partial charge < -0.3 is 44.9 Å². The van der Waals surface area contributed by atoms with Gasteiger partial charge in [-0.3, -0.25) is 20.0 Å². The summed E-state index contributed by atoms with van der Waals surface area (Å²) >= 11 is 61.8. The third kappa shape index (κ3) is 22.6. The third-order valence-corrected chi connectivity index (χ3v) is 26.4. The van der Waals surface area contributed by atoms with E-state index in [4.69, 9.17) is 156 Å². The van der Waals surface area contributed by atoms with Crippen molar-refractivity contribution in [2.24, 2.45) is 20.0 Å². The lowest BCUT2D eigenvalue weighted by molar-refractivity contribution is 0.163. The van der Waals surface area contributed by atoms with E-state index in [-0.39, 0.29) is 29.2 Å². The van der Waals surface area contributed by atoms with Crippen LogP contribution in [0.1, 0.15) is 75.2 Å². The van der Waals surface area contributed by atoms with Gasteiger partial charge in [0.2, 0.25) is 0 Å². The molecule has 0 amide bonds. The largest absolute Gasteiger partial charge is 0.354 e. The fraction of sp³-hybridized carbons (Fsp3) is 0.150. The highest BCUT2D eigenvalue weighted by Gasteiger charge is 2.38. The fourth-order valence-electron chi connectivity index (χ4n) is 17.8. The summed E-state index contributed by atoms with van der Waals surface area (Å²) in [5.74, 6) is 0. The monoisotopic (exact) mass is 2040 g/mol. The van der Waals surface area contributed by atoms with Crippen molar-refractivity contribution < 1.29 is 0 Å². The van der Waals surface area contributed by atoms with E-state index in [1.165, 1.54) is 0 Å². The van der Waals surface area contributed by atoms with Crippen LogP contribution < -0.4 is 48.0 Å². The number of para-hydroxylation sites is 8. The summed E-state index contributed by atoms with van der Waals surface area (Å²) in [5, 5.41) is 27.4. The topological polar surface area (TPSA) is 181 Å². The molecule has 5 N–H and O–H groups in total. The summed E-state index contributed by atoms with van der Waals surface area (Å²) < 4.78 is 8.78. The number of piperidine rings is 1. The molecule has 17 nitrogen and oxygen atoms in total. The van der Waals surface area contributed by atoms with Gasteiger partial charge >= 0.3 is 0 Å². The smallest absolute Gasteiger partial charge is 0.0900 e. The Morgan fingerprint density at radius 3 is 0.907 bits per heavy atom. The normalized spacial score (nSPS) is 13.6. The second-order valence-corrected chi connectivity index (χ2v) is 40.1. The molecule has 1 fully saturated rings. The number of anilines is 8. The SMILES string of the molecule is CC(C)N=c1cc2n(-c3ccc(Cl)c(Cl)c3)c3ccccc3nc-2cc1Nc1ccc(Cl)c(Cl)c1.CC(C)N=c1cc2n(-c3ccc(Cl)cc3)c3ccccc3nc-2cc1Nc1ccc(Cl)cc1.CC1(C)CC(N=c2cc3n(-c4ccc(Cl)cc4)c4ccccc4nc-3cc2Nc2ccc(Cl)cc2)CC(C)(C)N1.CCN=c1cc2n(-c3ccc(Cl)cc3)c3ccccc3nc-2cc1Nc1ccc(Cl)cc1. The maximum Gasteiger partial charge on any atom is 0.0900 e. The van der Waals surface area contributed by atoms with E-state index in [0.717, 1.165) is 192 Å². The molecule has 5 aliphatic heterocycles. The Morgan fingerprint density at radius 2 is 0.579 bits per heavy atom. The Bertz CT molecular complexity index is 8130. The Labute approximate surface area is 861 Å². The number of rotatable bonds is 16. The summed E-state index contributed by atoms with van der Waals surface area (Å²) in [7, 11) is 0. The molecule has 12 aromatic carbocycles. The maximum absolute atomic E-state index is 6.40. The minimum Gasteiger partial charge on any atom is -0.354 e. The first-order valence-corrected chi connectivity index (χ1v) is 49.5. The Hall–Kier alpha value is -12.8. The molecule has 9 aliphatic rings. The van der Waals surface area contributed by atoms with E-state index in [0.29, 0.717) is 56.8 Å². The van der Waals surface area contributed by atoms with Crippen molar-refractivity contribution in [3.05, 3.63) is 399 Å². The number of halogens is 10. The van der Waals surface area contributed by atoms with E-state index in [9.17, 15) is 0 Å². The second-order valence-electron chi connectivity index (χ2n) is 35.9. The second kappa shape index (κ2) is 42.3. The maximum atomic E-state index is 6.40. The van der Waals surface area contributed by atoms with Crippen LogP contribution in [-0.2, 0) is 0 Å². The Kier molecular flexibility index (Phi) is 29.4. The minimum atomic E-state index is -0.0164. The molecule has 0 radical (unpaired) electrons. The fourth-order valence-corrected chi connectivity index (χ4v) is 19.2. The molecule has 0 atom stereocenters. The van der Waals surface area contributed by atoms with Gasteiger partial charge in [-0.25, -0.2) is 19.9 Å². The highest BCUT2D eigenvalue weighted by atomic mass is 35.5. The quantitative estimate of drug-likeness (QED) is 0.0588. The lowest BCUT2D eigenvalue weighted by Gasteiger charge is -2.45. The van der Waals surface area contributed by atoms with E-state index < -0.39 is 0 Å². The summed E-state index contributed by atoms with van der Waals surface area (Å²) in [4.78, 5) is 39.9. The number of hydrogen-bond donors (Lipinski definition) is 5. The molecular formula is C113H95Cl10N17. The summed E-state index contributed by atoms with van der Waals surface area (Å²) in [6.07, 6.45) is 1.89. The summed E-state index contributed by atoms with van der Waals surface area (Å²) in [6, 6.07) is 107. The van der Waals surface area contributed by atoms with Crippen LogP contribution in [0.3, 0.4) is 0 Å². The molecule has 0 aromatic heterocycles. The lowest BCUT2D eigenvalue weighted by Crippen LogP contribution is -2.59. The van der Waals surface area contributed by atoms with E-state index in [1.54, 1.807) is 18.2 Å². The van der Waals surface area contributed by atoms with Crippen LogP contribution in [0.4, 0.5) is 45.5 Å². The van der Waals surface area contributed by atoms with E-state index >= 15 is 0 Å². The molecule has 12 aromatic rings. The zero-order valence-electron chi connectivity index (χ0n) is 77.7. The van der Waals surface area contributed by atoms with Crippen LogP contribution in [0.25, 0.3) is 112 Å². The van der Waals surface area contributed by atoms with Crippen LogP contribution in [0.2, 0.25) is 50.2 Å². The van der Waals surface area contributed by atoms with Gasteiger partial charge in [0, 0.05) is 105 Å². The Balaban J connectivity index is 0.000000124. The molecule has 0 saturated carbocycles. The number of nitrogens with one attached hydrogen (secondary N) is 5. The zero-order chi connectivity index (χ0) is 97.8. The van der Waals surface area contributed by atoms with Crippen molar-refractivity contribution in [1.82, 2.24) is 43.5 Å². The highest BCUT2D eigenvalue weighted by molar-refractivity contribution is 6.43. The van der Waals surface area contributed by atoms with Crippen LogP contribution in [0.15, 0.2) is 348 Å². The van der Waals surface area contributed by atoms with Gasteiger partial charge in [0.05, 0.1) is 160 Å². The predicted octanol–water partition coefficient (Wildman–Crippen LogP) is 31.8. The average Bonchev–Trinajstić information content (AvgIpc) is 0.754. The van der Waals surface area contributed by atoms with Crippen LogP contribution in [-0.4, -0.2) is 74.0 Å². The van der Waals surface area contributed by atoms with Gasteiger partial charge in [-0.05, 0) is 354 Å². The molecule has 0 unspecified atom stereocenters. The molecule has 21 rings (SSSR count). The number of fused-ring (bicyclic) bond motifs is 8. The van der Waals surface area contributed by atoms with Gasteiger partial charge in [0.15, 0.2) is 0 Å². The minimum absolute atomic E-state index is 0.0164. The van der Waals surface area contributed by atoms with Gasteiger partial charge in [-0.1, -0.05) is 165 Å². The van der Waals surface area contributed by atoms with Crippen LogP contribution >= 0.6 is 116 Å². The van der Waals surface area contributed by atoms with Crippen molar-refractivity contribution >= 4 is 206 Å². The number of benzene rings is 16. The summed E-state index contributed by atoms with van der Waals surface area (Å²) in [5.41, 5.74) is 25.8. The number of aromatic nitrogens is 8. The Morgan fingerprint density at radius 1 is 0.307 bits per heavy atom. The van der Waals surface area contributed by atoms with Crippen molar-refractivity contribution in [3.8, 4) is 68.3 Å². The first kappa shape index (κ1) is 97.4. The first-order chi connectivity index (χ1) is 67.4. The number of nitrogens with zero attached hydrogens (tertiary/aromatic N) is 12. The molecule has 4 aliphatic carbocycles. The molecule has 1 saturated heterocycles. The van der Waals surface area contributed by atoms with Gasteiger partial charge in [0.1, 0.15) is 0 Å². The average molecular weight is 2050 g/mol. The van der Waals surface area contributed by atoms with Gasteiger partial charge in [0.25, 0.3) is 0 Å².